The Balaban J connectivity index is 1.42. The van der Waals surface area contributed by atoms with Gasteiger partial charge in [0.1, 0.15) is 6.61 Å². The Morgan fingerprint density at radius 2 is 2.16 bits per heavy atom. The largest absolute Gasteiger partial charge is 0.460 e. The standard InChI is InChI=1S/C16H22O3/c1-10(2)16(17)19-7-6-18-15-9-11-8-14(15)13-5-3-4-12(11)13/h3,5,11-15H,1,4,6-9H2,2H3/t11-,12?,13?,14?,15?/m1/s1. The highest BCUT2D eigenvalue weighted by Gasteiger charge is 2.52. The summed E-state index contributed by atoms with van der Waals surface area (Å²) in [6.07, 6.45) is 8.90. The molecule has 5 atom stereocenters. The lowest BCUT2D eigenvalue weighted by atomic mass is 9.80. The zero-order valence-electron chi connectivity index (χ0n) is 11.5. The first-order valence-electron chi connectivity index (χ1n) is 7.27. The zero-order valence-corrected chi connectivity index (χ0v) is 11.5. The summed E-state index contributed by atoms with van der Waals surface area (Å²) in [5.41, 5.74) is 0.443. The van der Waals surface area contributed by atoms with Gasteiger partial charge in [-0.25, -0.2) is 4.79 Å². The molecule has 3 aliphatic rings. The van der Waals surface area contributed by atoms with Crippen molar-refractivity contribution >= 4 is 5.97 Å². The molecular formula is C16H22O3. The summed E-state index contributed by atoms with van der Waals surface area (Å²) in [4.78, 5) is 11.2. The van der Waals surface area contributed by atoms with E-state index in [4.69, 9.17) is 9.47 Å². The van der Waals surface area contributed by atoms with Crippen LogP contribution in [0.15, 0.2) is 24.3 Å². The maximum absolute atomic E-state index is 11.2. The lowest BCUT2D eigenvalue weighted by molar-refractivity contribution is -0.141. The summed E-state index contributed by atoms with van der Waals surface area (Å²) in [6.45, 7) is 6.06. The summed E-state index contributed by atoms with van der Waals surface area (Å²) in [5, 5.41) is 0. The van der Waals surface area contributed by atoms with E-state index in [1.165, 1.54) is 19.3 Å². The first-order chi connectivity index (χ1) is 9.16. The smallest absolute Gasteiger partial charge is 0.333 e. The molecule has 3 aliphatic carbocycles. The normalized spacial score (nSPS) is 38.5. The topological polar surface area (TPSA) is 35.5 Å². The van der Waals surface area contributed by atoms with Crippen LogP contribution in [0.2, 0.25) is 0 Å². The molecule has 2 saturated carbocycles. The summed E-state index contributed by atoms with van der Waals surface area (Å²) >= 11 is 0. The van der Waals surface area contributed by atoms with Crippen molar-refractivity contribution < 1.29 is 14.3 Å². The lowest BCUT2D eigenvalue weighted by Crippen LogP contribution is -2.31. The summed E-state index contributed by atoms with van der Waals surface area (Å²) in [5.74, 6) is 2.88. The molecule has 3 heteroatoms. The molecule has 0 N–H and O–H groups in total. The van der Waals surface area contributed by atoms with Crippen LogP contribution >= 0.6 is 0 Å². The SMILES string of the molecule is C=C(C)C(=O)OCCOC1C[C@H]2CC1C1C=CCC12. The third kappa shape index (κ3) is 2.36. The van der Waals surface area contributed by atoms with Crippen molar-refractivity contribution in [1.29, 1.82) is 0 Å². The highest BCUT2D eigenvalue weighted by atomic mass is 16.6. The van der Waals surface area contributed by atoms with Gasteiger partial charge in [-0.2, -0.15) is 0 Å². The van der Waals surface area contributed by atoms with Gasteiger partial charge in [-0.15, -0.1) is 0 Å². The predicted octanol–water partition coefficient (Wildman–Crippen LogP) is 2.72. The molecule has 0 aromatic rings. The van der Waals surface area contributed by atoms with Crippen LogP contribution in [0.3, 0.4) is 0 Å². The molecule has 2 bridgehead atoms. The lowest BCUT2D eigenvalue weighted by Gasteiger charge is -2.31. The van der Waals surface area contributed by atoms with E-state index in [1.807, 2.05) is 0 Å². The Labute approximate surface area is 114 Å². The highest BCUT2D eigenvalue weighted by molar-refractivity contribution is 5.86. The number of allylic oxidation sites excluding steroid dienone is 2. The van der Waals surface area contributed by atoms with Gasteiger partial charge in [0.25, 0.3) is 0 Å². The van der Waals surface area contributed by atoms with Crippen LogP contribution in [0.4, 0.5) is 0 Å². The second kappa shape index (κ2) is 5.12. The molecule has 0 aromatic heterocycles. The molecule has 0 spiro atoms. The van der Waals surface area contributed by atoms with E-state index in [0.29, 0.717) is 30.8 Å². The minimum atomic E-state index is -0.324. The molecule has 3 rings (SSSR count). The molecule has 0 amide bonds. The Morgan fingerprint density at radius 1 is 1.32 bits per heavy atom. The Kier molecular flexibility index (Phi) is 3.48. The molecule has 2 fully saturated rings. The van der Waals surface area contributed by atoms with Crippen LogP contribution in [0.25, 0.3) is 0 Å². The van der Waals surface area contributed by atoms with Crippen LogP contribution in [0.5, 0.6) is 0 Å². The Hall–Kier alpha value is -1.09. The number of hydrogen-bond acceptors (Lipinski definition) is 3. The zero-order chi connectivity index (χ0) is 13.4. The van der Waals surface area contributed by atoms with Gasteiger partial charge in [-0.05, 0) is 49.9 Å². The number of rotatable bonds is 5. The fraction of sp³-hybridized carbons (Fsp3) is 0.688. The van der Waals surface area contributed by atoms with Gasteiger partial charge >= 0.3 is 5.97 Å². The van der Waals surface area contributed by atoms with Crippen LogP contribution in [-0.4, -0.2) is 25.3 Å². The average molecular weight is 262 g/mol. The Morgan fingerprint density at radius 3 is 2.95 bits per heavy atom. The second-order valence-electron chi connectivity index (χ2n) is 6.13. The highest BCUT2D eigenvalue weighted by Crippen LogP contribution is 2.57. The van der Waals surface area contributed by atoms with E-state index in [0.717, 1.165) is 17.8 Å². The van der Waals surface area contributed by atoms with Crippen molar-refractivity contribution in [3.63, 3.8) is 0 Å². The van der Waals surface area contributed by atoms with Crippen LogP contribution in [0.1, 0.15) is 26.2 Å². The van der Waals surface area contributed by atoms with Gasteiger partial charge in [-0.3, -0.25) is 0 Å². The molecular weight excluding hydrogens is 240 g/mol. The number of fused-ring (bicyclic) bond motifs is 5. The van der Waals surface area contributed by atoms with Gasteiger partial charge < -0.3 is 9.47 Å². The van der Waals surface area contributed by atoms with Gasteiger partial charge in [0.15, 0.2) is 0 Å². The third-order valence-corrected chi connectivity index (χ3v) is 4.95. The van der Waals surface area contributed by atoms with E-state index in [2.05, 4.69) is 18.7 Å². The number of carbonyl (C=O) groups excluding carboxylic acids is 1. The van der Waals surface area contributed by atoms with E-state index < -0.39 is 0 Å². The fourth-order valence-electron chi connectivity index (χ4n) is 4.13. The minimum absolute atomic E-state index is 0.324. The van der Waals surface area contributed by atoms with Crippen LogP contribution < -0.4 is 0 Å². The number of esters is 1. The van der Waals surface area contributed by atoms with Crippen molar-refractivity contribution in [2.24, 2.45) is 23.7 Å². The molecule has 104 valence electrons. The van der Waals surface area contributed by atoms with Crippen molar-refractivity contribution in [3.8, 4) is 0 Å². The summed E-state index contributed by atoms with van der Waals surface area (Å²) in [6, 6.07) is 0. The van der Waals surface area contributed by atoms with E-state index in [1.54, 1.807) is 6.92 Å². The average Bonchev–Trinajstić information content (AvgIpc) is 3.05. The van der Waals surface area contributed by atoms with E-state index in [9.17, 15) is 4.79 Å². The first-order valence-corrected chi connectivity index (χ1v) is 7.27. The van der Waals surface area contributed by atoms with E-state index >= 15 is 0 Å². The quantitative estimate of drug-likeness (QED) is 0.331. The van der Waals surface area contributed by atoms with Crippen molar-refractivity contribution in [3.05, 3.63) is 24.3 Å². The maximum atomic E-state index is 11.2. The van der Waals surface area contributed by atoms with Crippen molar-refractivity contribution in [1.82, 2.24) is 0 Å². The Bertz CT molecular complexity index is 412. The fourth-order valence-corrected chi connectivity index (χ4v) is 4.13. The second-order valence-corrected chi connectivity index (χ2v) is 6.13. The molecule has 3 nitrogen and oxygen atoms in total. The van der Waals surface area contributed by atoms with Gasteiger partial charge in [0, 0.05) is 5.57 Å². The maximum Gasteiger partial charge on any atom is 0.333 e. The first kappa shape index (κ1) is 12.9. The van der Waals surface area contributed by atoms with Gasteiger partial charge in [0.05, 0.1) is 12.7 Å². The monoisotopic (exact) mass is 262 g/mol. The number of ether oxygens (including phenoxy) is 2. The van der Waals surface area contributed by atoms with Crippen molar-refractivity contribution in [2.75, 3.05) is 13.2 Å². The summed E-state index contributed by atoms with van der Waals surface area (Å²) in [7, 11) is 0. The van der Waals surface area contributed by atoms with Gasteiger partial charge in [0.2, 0.25) is 0 Å². The molecule has 0 aromatic carbocycles. The number of hydrogen-bond donors (Lipinski definition) is 0. The van der Waals surface area contributed by atoms with Gasteiger partial charge in [-0.1, -0.05) is 18.7 Å². The van der Waals surface area contributed by atoms with Crippen molar-refractivity contribution in [2.45, 2.75) is 32.3 Å². The predicted molar refractivity (Wildman–Crippen MR) is 72.5 cm³/mol. The molecule has 0 aliphatic heterocycles. The van der Waals surface area contributed by atoms with Crippen LogP contribution in [-0.2, 0) is 14.3 Å². The molecule has 0 saturated heterocycles. The van der Waals surface area contributed by atoms with Crippen LogP contribution in [0, 0.1) is 23.7 Å². The van der Waals surface area contributed by atoms with E-state index in [-0.39, 0.29) is 5.97 Å². The summed E-state index contributed by atoms with van der Waals surface area (Å²) < 4.78 is 11.0. The molecule has 0 heterocycles. The molecule has 0 radical (unpaired) electrons. The third-order valence-electron chi connectivity index (χ3n) is 4.95. The molecule has 4 unspecified atom stereocenters. The minimum Gasteiger partial charge on any atom is -0.460 e. The number of carbonyl (C=O) groups is 1. The molecule has 19 heavy (non-hydrogen) atoms.